The lowest BCUT2D eigenvalue weighted by atomic mass is 9.98. The van der Waals surface area contributed by atoms with E-state index in [0.717, 1.165) is 42.8 Å². The average Bonchev–Trinajstić information content (AvgIpc) is 3.02. The first kappa shape index (κ1) is 20.2. The second-order valence-electron chi connectivity index (χ2n) is 8.14. The molecule has 0 N–H and O–H groups in total. The van der Waals surface area contributed by atoms with Gasteiger partial charge in [0.05, 0.1) is 12.7 Å². The van der Waals surface area contributed by atoms with Crippen molar-refractivity contribution in [3.63, 3.8) is 0 Å². The highest BCUT2D eigenvalue weighted by molar-refractivity contribution is 6.35. The number of hydrogen-bond acceptors (Lipinski definition) is 4. The average molecular weight is 405 g/mol. The van der Waals surface area contributed by atoms with Crippen molar-refractivity contribution in [3.8, 4) is 5.75 Å². The number of carbonyl (C=O) groups excluding carboxylic acids is 2. The minimum atomic E-state index is -0.200. The SMILES string of the molecule is COc1ccc(C2=C(N3CCCC(C)C3)C(=O)N(CCc3ccccc3)C2=O)cc1. The van der Waals surface area contributed by atoms with Crippen LogP contribution >= 0.6 is 0 Å². The van der Waals surface area contributed by atoms with E-state index in [2.05, 4.69) is 11.8 Å². The van der Waals surface area contributed by atoms with E-state index in [0.29, 0.717) is 30.2 Å². The molecule has 2 amide bonds. The third-order valence-electron chi connectivity index (χ3n) is 5.96. The van der Waals surface area contributed by atoms with Crippen molar-refractivity contribution in [1.82, 2.24) is 9.80 Å². The molecule has 2 aromatic carbocycles. The Balaban J connectivity index is 1.66. The minimum absolute atomic E-state index is 0.171. The van der Waals surface area contributed by atoms with Crippen LogP contribution in [-0.4, -0.2) is 48.4 Å². The summed E-state index contributed by atoms with van der Waals surface area (Å²) in [6, 6.07) is 17.4. The van der Waals surface area contributed by atoms with Crippen molar-refractivity contribution in [2.24, 2.45) is 5.92 Å². The second-order valence-corrected chi connectivity index (χ2v) is 8.14. The van der Waals surface area contributed by atoms with Crippen LogP contribution in [0.5, 0.6) is 5.75 Å². The second kappa shape index (κ2) is 8.74. The number of hydrogen-bond donors (Lipinski definition) is 0. The number of likely N-dealkylation sites (tertiary alicyclic amines) is 1. The third kappa shape index (κ3) is 3.97. The van der Waals surface area contributed by atoms with Crippen LogP contribution in [0.15, 0.2) is 60.3 Å². The molecule has 0 bridgehead atoms. The maximum Gasteiger partial charge on any atom is 0.277 e. The maximum atomic E-state index is 13.4. The van der Waals surface area contributed by atoms with Gasteiger partial charge in [-0.15, -0.1) is 0 Å². The number of carbonyl (C=O) groups is 2. The van der Waals surface area contributed by atoms with Crippen LogP contribution in [0.3, 0.4) is 0 Å². The predicted octanol–water partition coefficient (Wildman–Crippen LogP) is 3.75. The number of imide groups is 1. The normalized spacial score (nSPS) is 19.6. The third-order valence-corrected chi connectivity index (χ3v) is 5.96. The zero-order chi connectivity index (χ0) is 21.1. The maximum absolute atomic E-state index is 13.4. The van der Waals surface area contributed by atoms with Gasteiger partial charge >= 0.3 is 0 Å². The molecule has 0 saturated carbocycles. The molecule has 0 radical (unpaired) electrons. The van der Waals surface area contributed by atoms with Crippen LogP contribution in [0.2, 0.25) is 0 Å². The van der Waals surface area contributed by atoms with Crippen LogP contribution < -0.4 is 4.74 Å². The highest BCUT2D eigenvalue weighted by Gasteiger charge is 2.41. The quantitative estimate of drug-likeness (QED) is 0.688. The molecule has 5 nitrogen and oxygen atoms in total. The van der Waals surface area contributed by atoms with E-state index < -0.39 is 0 Å². The Bertz CT molecular complexity index is 950. The molecule has 0 spiro atoms. The van der Waals surface area contributed by atoms with Gasteiger partial charge in [0, 0.05) is 19.6 Å². The molecule has 0 aromatic heterocycles. The zero-order valence-electron chi connectivity index (χ0n) is 17.6. The summed E-state index contributed by atoms with van der Waals surface area (Å²) < 4.78 is 5.26. The van der Waals surface area contributed by atoms with Gasteiger partial charge in [0.1, 0.15) is 11.4 Å². The summed E-state index contributed by atoms with van der Waals surface area (Å²) >= 11 is 0. The fourth-order valence-electron chi connectivity index (χ4n) is 4.36. The van der Waals surface area contributed by atoms with Gasteiger partial charge in [-0.1, -0.05) is 49.4 Å². The molecule has 1 atom stereocenters. The summed E-state index contributed by atoms with van der Waals surface area (Å²) in [5.74, 6) is 0.861. The van der Waals surface area contributed by atoms with Crippen LogP contribution in [0.4, 0.5) is 0 Å². The highest BCUT2D eigenvalue weighted by atomic mass is 16.5. The summed E-state index contributed by atoms with van der Waals surface area (Å²) in [6.07, 6.45) is 2.84. The van der Waals surface area contributed by atoms with Crippen LogP contribution in [0.25, 0.3) is 5.57 Å². The molecule has 2 aliphatic rings. The molecule has 0 aliphatic carbocycles. The lowest BCUT2D eigenvalue weighted by Crippen LogP contribution is -2.39. The number of amides is 2. The summed E-state index contributed by atoms with van der Waals surface area (Å²) in [5.41, 5.74) is 2.96. The number of ether oxygens (including phenoxy) is 1. The van der Waals surface area contributed by atoms with Gasteiger partial charge in [-0.05, 0) is 48.4 Å². The summed E-state index contributed by atoms with van der Waals surface area (Å²) in [7, 11) is 1.62. The first-order chi connectivity index (χ1) is 14.6. The van der Waals surface area contributed by atoms with Crippen molar-refractivity contribution >= 4 is 17.4 Å². The Kier molecular flexibility index (Phi) is 5.88. The monoisotopic (exact) mass is 404 g/mol. The molecular formula is C25H28N2O3. The smallest absolute Gasteiger partial charge is 0.277 e. The highest BCUT2D eigenvalue weighted by Crippen LogP contribution is 2.34. The van der Waals surface area contributed by atoms with Crippen molar-refractivity contribution < 1.29 is 14.3 Å². The van der Waals surface area contributed by atoms with E-state index >= 15 is 0 Å². The molecule has 1 unspecified atom stereocenters. The van der Waals surface area contributed by atoms with Gasteiger partial charge in [-0.25, -0.2) is 0 Å². The number of nitrogens with zero attached hydrogens (tertiary/aromatic N) is 2. The largest absolute Gasteiger partial charge is 0.497 e. The van der Waals surface area contributed by atoms with Gasteiger partial charge in [0.15, 0.2) is 0 Å². The van der Waals surface area contributed by atoms with Gasteiger partial charge in [-0.3, -0.25) is 14.5 Å². The lowest BCUT2D eigenvalue weighted by molar-refractivity contribution is -0.137. The first-order valence-corrected chi connectivity index (χ1v) is 10.6. The van der Waals surface area contributed by atoms with Gasteiger partial charge in [0.2, 0.25) is 0 Å². The fraction of sp³-hybridized carbons (Fsp3) is 0.360. The molecule has 2 aliphatic heterocycles. The number of rotatable bonds is 6. The van der Waals surface area contributed by atoms with E-state index in [1.165, 1.54) is 4.90 Å². The van der Waals surface area contributed by atoms with Crippen LogP contribution in [-0.2, 0) is 16.0 Å². The predicted molar refractivity (Wildman–Crippen MR) is 117 cm³/mol. The Morgan fingerprint density at radius 1 is 1.00 bits per heavy atom. The summed E-state index contributed by atoms with van der Waals surface area (Å²) in [6.45, 7) is 4.20. The zero-order valence-corrected chi connectivity index (χ0v) is 17.6. The van der Waals surface area contributed by atoms with Gasteiger partial charge < -0.3 is 9.64 Å². The minimum Gasteiger partial charge on any atom is -0.497 e. The van der Waals surface area contributed by atoms with E-state index in [4.69, 9.17) is 4.74 Å². The standard InChI is InChI=1S/C25H28N2O3/c1-18-7-6-15-26(17-18)23-22(20-10-12-21(30-2)13-11-20)24(28)27(25(23)29)16-14-19-8-4-3-5-9-19/h3-5,8-13,18H,6-7,14-17H2,1-2H3. The summed E-state index contributed by atoms with van der Waals surface area (Å²) in [4.78, 5) is 30.4. The van der Waals surface area contributed by atoms with Gasteiger partial charge in [0.25, 0.3) is 11.8 Å². The van der Waals surface area contributed by atoms with E-state index in [-0.39, 0.29) is 11.8 Å². The molecule has 30 heavy (non-hydrogen) atoms. The Labute approximate surface area is 177 Å². The number of benzene rings is 2. The van der Waals surface area contributed by atoms with E-state index in [9.17, 15) is 9.59 Å². The van der Waals surface area contributed by atoms with Crippen molar-refractivity contribution in [2.75, 3.05) is 26.7 Å². The summed E-state index contributed by atoms with van der Waals surface area (Å²) in [5, 5.41) is 0. The Morgan fingerprint density at radius 3 is 2.40 bits per heavy atom. The topological polar surface area (TPSA) is 49.9 Å². The molecule has 1 saturated heterocycles. The van der Waals surface area contributed by atoms with Crippen molar-refractivity contribution in [1.29, 1.82) is 0 Å². The number of methoxy groups -OCH3 is 1. The van der Waals surface area contributed by atoms with Crippen molar-refractivity contribution in [3.05, 3.63) is 71.4 Å². The van der Waals surface area contributed by atoms with Crippen LogP contribution in [0.1, 0.15) is 30.9 Å². The Morgan fingerprint density at radius 2 is 1.73 bits per heavy atom. The first-order valence-electron chi connectivity index (χ1n) is 10.6. The molecule has 2 aromatic rings. The van der Waals surface area contributed by atoms with E-state index in [1.807, 2.05) is 54.6 Å². The molecule has 5 heteroatoms. The van der Waals surface area contributed by atoms with E-state index in [1.54, 1.807) is 7.11 Å². The molecule has 2 heterocycles. The molecular weight excluding hydrogens is 376 g/mol. The van der Waals surface area contributed by atoms with Crippen molar-refractivity contribution in [2.45, 2.75) is 26.2 Å². The number of piperidine rings is 1. The molecule has 4 rings (SSSR count). The Hall–Kier alpha value is -3.08. The van der Waals surface area contributed by atoms with Gasteiger partial charge in [-0.2, -0.15) is 0 Å². The molecule has 156 valence electrons. The fourth-order valence-corrected chi connectivity index (χ4v) is 4.36. The lowest BCUT2D eigenvalue weighted by Gasteiger charge is -2.33. The molecule has 1 fully saturated rings. The van der Waals surface area contributed by atoms with Crippen LogP contribution in [0, 0.1) is 5.92 Å².